The third kappa shape index (κ3) is 4.51. The predicted octanol–water partition coefficient (Wildman–Crippen LogP) is 4.46. The van der Waals surface area contributed by atoms with E-state index >= 15 is 0 Å². The van der Waals surface area contributed by atoms with E-state index in [0.29, 0.717) is 20.1 Å². The number of aryl methyl sites for hydroxylation is 2. The molecule has 0 unspecified atom stereocenters. The van der Waals surface area contributed by atoms with E-state index in [9.17, 15) is 4.79 Å². The average Bonchev–Trinajstić information content (AvgIpc) is 2.97. The first kappa shape index (κ1) is 18.2. The smallest absolute Gasteiger partial charge is 0.275 e. The van der Waals surface area contributed by atoms with Gasteiger partial charge in [-0.3, -0.25) is 4.79 Å². The second kappa shape index (κ2) is 8.17. The Morgan fingerprint density at radius 2 is 2.08 bits per heavy atom. The number of fused-ring (bicyclic) bond motifs is 1. The van der Waals surface area contributed by atoms with Crippen molar-refractivity contribution >= 4 is 44.6 Å². The number of aromatic nitrogens is 3. The summed E-state index contributed by atoms with van der Waals surface area (Å²) in [6.45, 7) is 2.80. The first-order valence-corrected chi connectivity index (χ1v) is 9.71. The molecule has 8 heteroatoms. The maximum absolute atomic E-state index is 12.1. The molecular weight excluding hydrogens is 379 g/mol. The average molecular weight is 397 g/mol. The summed E-state index contributed by atoms with van der Waals surface area (Å²) in [5.41, 5.74) is 1.75. The summed E-state index contributed by atoms with van der Waals surface area (Å²) >= 11 is 13.5. The van der Waals surface area contributed by atoms with Crippen LogP contribution in [0.15, 0.2) is 29.1 Å². The number of halogens is 2. The molecule has 5 nitrogen and oxygen atoms in total. The molecule has 0 spiro atoms. The topological polar surface area (TPSA) is 59.3 Å². The fraction of sp³-hybridized carbons (Fsp3) is 0.353. The SMILES string of the molecule is CCCc1cc(=O)n2nc(NCCCc3ccc(Cl)cc3Cl)sc2n1. The minimum Gasteiger partial charge on any atom is -0.360 e. The highest BCUT2D eigenvalue weighted by Gasteiger charge is 2.08. The largest absolute Gasteiger partial charge is 0.360 e. The molecule has 132 valence electrons. The molecule has 3 aromatic rings. The summed E-state index contributed by atoms with van der Waals surface area (Å²) in [5, 5.41) is 9.57. The van der Waals surface area contributed by atoms with Gasteiger partial charge in [-0.1, -0.05) is 53.9 Å². The van der Waals surface area contributed by atoms with Crippen LogP contribution in [-0.4, -0.2) is 21.1 Å². The van der Waals surface area contributed by atoms with Crippen LogP contribution in [0.3, 0.4) is 0 Å². The number of rotatable bonds is 7. The second-order valence-electron chi connectivity index (χ2n) is 5.70. The van der Waals surface area contributed by atoms with Gasteiger partial charge in [0.05, 0.1) is 0 Å². The van der Waals surface area contributed by atoms with Crippen LogP contribution < -0.4 is 10.9 Å². The van der Waals surface area contributed by atoms with Gasteiger partial charge >= 0.3 is 0 Å². The molecule has 0 amide bonds. The van der Waals surface area contributed by atoms with E-state index in [4.69, 9.17) is 23.2 Å². The summed E-state index contributed by atoms with van der Waals surface area (Å²) in [5.74, 6) is 0. The molecule has 2 heterocycles. The molecule has 0 saturated heterocycles. The summed E-state index contributed by atoms with van der Waals surface area (Å²) in [7, 11) is 0. The number of anilines is 1. The Hall–Kier alpha value is -1.63. The lowest BCUT2D eigenvalue weighted by Gasteiger charge is -2.05. The van der Waals surface area contributed by atoms with Gasteiger partial charge in [0.2, 0.25) is 10.1 Å². The highest BCUT2D eigenvalue weighted by atomic mass is 35.5. The van der Waals surface area contributed by atoms with Crippen molar-refractivity contribution in [3.05, 3.63) is 55.9 Å². The Bertz CT molecular complexity index is 938. The monoisotopic (exact) mass is 396 g/mol. The van der Waals surface area contributed by atoms with Crippen LogP contribution >= 0.6 is 34.5 Å². The van der Waals surface area contributed by atoms with E-state index < -0.39 is 0 Å². The van der Waals surface area contributed by atoms with Gasteiger partial charge < -0.3 is 5.32 Å². The van der Waals surface area contributed by atoms with E-state index in [1.54, 1.807) is 12.1 Å². The molecule has 0 atom stereocenters. The van der Waals surface area contributed by atoms with Crippen molar-refractivity contribution in [3.8, 4) is 0 Å². The van der Waals surface area contributed by atoms with Gasteiger partial charge in [-0.05, 0) is 37.0 Å². The molecule has 2 aromatic heterocycles. The molecule has 0 saturated carbocycles. The molecule has 0 aliphatic carbocycles. The van der Waals surface area contributed by atoms with E-state index in [0.717, 1.165) is 43.5 Å². The molecule has 0 fully saturated rings. The third-order valence-corrected chi connectivity index (χ3v) is 5.17. The number of hydrogen-bond acceptors (Lipinski definition) is 5. The highest BCUT2D eigenvalue weighted by Crippen LogP contribution is 2.22. The van der Waals surface area contributed by atoms with Crippen LogP contribution in [-0.2, 0) is 12.8 Å². The van der Waals surface area contributed by atoms with Crippen molar-refractivity contribution in [1.29, 1.82) is 0 Å². The fourth-order valence-electron chi connectivity index (χ4n) is 2.51. The third-order valence-electron chi connectivity index (χ3n) is 3.72. The standard InChI is InChI=1S/C17H18Cl2N4OS/c1-2-4-13-10-15(24)23-17(21-13)25-16(22-23)20-8-3-5-11-6-7-12(18)9-14(11)19/h6-7,9-10H,2-5,8H2,1H3,(H,20,22). The molecule has 1 aromatic carbocycles. The first-order chi connectivity index (χ1) is 12.1. The molecule has 0 radical (unpaired) electrons. The van der Waals surface area contributed by atoms with E-state index in [1.807, 2.05) is 12.1 Å². The van der Waals surface area contributed by atoms with Crippen molar-refractivity contribution in [3.63, 3.8) is 0 Å². The van der Waals surface area contributed by atoms with Crippen molar-refractivity contribution in [2.75, 3.05) is 11.9 Å². The van der Waals surface area contributed by atoms with Crippen molar-refractivity contribution in [2.45, 2.75) is 32.6 Å². The molecule has 25 heavy (non-hydrogen) atoms. The number of benzene rings is 1. The minimum absolute atomic E-state index is 0.134. The van der Waals surface area contributed by atoms with Crippen molar-refractivity contribution in [2.24, 2.45) is 0 Å². The maximum atomic E-state index is 12.1. The number of nitrogens with zero attached hydrogens (tertiary/aromatic N) is 3. The second-order valence-corrected chi connectivity index (χ2v) is 7.50. The van der Waals surface area contributed by atoms with Crippen LogP contribution in [0.25, 0.3) is 4.96 Å². The summed E-state index contributed by atoms with van der Waals surface area (Å²) in [6, 6.07) is 7.10. The summed E-state index contributed by atoms with van der Waals surface area (Å²) < 4.78 is 1.35. The lowest BCUT2D eigenvalue weighted by atomic mass is 10.1. The van der Waals surface area contributed by atoms with Crippen LogP contribution in [0.1, 0.15) is 31.0 Å². The Balaban J connectivity index is 1.61. The zero-order chi connectivity index (χ0) is 17.8. The van der Waals surface area contributed by atoms with E-state index in [-0.39, 0.29) is 5.56 Å². The van der Waals surface area contributed by atoms with Crippen LogP contribution in [0.2, 0.25) is 10.0 Å². The van der Waals surface area contributed by atoms with Crippen molar-refractivity contribution < 1.29 is 0 Å². The summed E-state index contributed by atoms with van der Waals surface area (Å²) in [4.78, 5) is 17.2. The first-order valence-electron chi connectivity index (χ1n) is 8.14. The molecule has 0 aliphatic heterocycles. The number of hydrogen-bond donors (Lipinski definition) is 1. The molecule has 3 rings (SSSR count). The molecule has 0 bridgehead atoms. The summed E-state index contributed by atoms with van der Waals surface area (Å²) in [6.07, 6.45) is 3.49. The zero-order valence-electron chi connectivity index (χ0n) is 13.8. The Kier molecular flexibility index (Phi) is 5.93. The molecular formula is C17H18Cl2N4OS. The van der Waals surface area contributed by atoms with Gasteiger partial charge in [-0.2, -0.15) is 4.52 Å². The van der Waals surface area contributed by atoms with Gasteiger partial charge in [-0.25, -0.2) is 4.98 Å². The quantitative estimate of drug-likeness (QED) is 0.599. The number of nitrogens with one attached hydrogen (secondary N) is 1. The fourth-order valence-corrected chi connectivity index (χ4v) is 3.86. The van der Waals surface area contributed by atoms with E-state index in [1.165, 1.54) is 15.9 Å². The maximum Gasteiger partial charge on any atom is 0.275 e. The van der Waals surface area contributed by atoms with E-state index in [2.05, 4.69) is 22.3 Å². The van der Waals surface area contributed by atoms with Gasteiger partial charge in [-0.15, -0.1) is 5.10 Å². The highest BCUT2D eigenvalue weighted by molar-refractivity contribution is 7.20. The molecule has 0 aliphatic rings. The van der Waals surface area contributed by atoms with Gasteiger partial charge in [0.15, 0.2) is 0 Å². The van der Waals surface area contributed by atoms with Crippen molar-refractivity contribution in [1.82, 2.24) is 14.6 Å². The lowest BCUT2D eigenvalue weighted by molar-refractivity contribution is 0.830. The molecule has 1 N–H and O–H groups in total. The van der Waals surface area contributed by atoms with Gasteiger partial charge in [0.25, 0.3) is 5.56 Å². The Morgan fingerprint density at radius 1 is 1.24 bits per heavy atom. The predicted molar refractivity (Wildman–Crippen MR) is 104 cm³/mol. The zero-order valence-corrected chi connectivity index (χ0v) is 16.1. The van der Waals surface area contributed by atoms with Gasteiger partial charge in [0, 0.05) is 28.4 Å². The van der Waals surface area contributed by atoms with Crippen LogP contribution in [0.5, 0.6) is 0 Å². The minimum atomic E-state index is -0.134. The Labute approximate surface area is 159 Å². The lowest BCUT2D eigenvalue weighted by Crippen LogP contribution is -2.15. The van der Waals surface area contributed by atoms with Crippen LogP contribution in [0, 0.1) is 0 Å². The Morgan fingerprint density at radius 3 is 2.84 bits per heavy atom. The normalized spacial score (nSPS) is 11.2. The van der Waals surface area contributed by atoms with Crippen LogP contribution in [0.4, 0.5) is 5.13 Å². The van der Waals surface area contributed by atoms with Gasteiger partial charge in [0.1, 0.15) is 0 Å².